The Bertz CT molecular complexity index is 3160. The van der Waals surface area contributed by atoms with Gasteiger partial charge in [-0.25, -0.2) is 0 Å². The summed E-state index contributed by atoms with van der Waals surface area (Å²) in [5.74, 6) is 0. The summed E-state index contributed by atoms with van der Waals surface area (Å²) in [7, 11) is 11.3. The van der Waals surface area contributed by atoms with Crippen molar-refractivity contribution >= 4 is 126 Å². The van der Waals surface area contributed by atoms with Gasteiger partial charge in [0.05, 0.1) is 10.4 Å². The number of nitrogens with zero attached hydrogens (tertiary/aromatic N) is 1. The SMILES string of the molecule is Bc1c(B)c(B)c(-c2ccc(N(c3ccc(-c4cccc5ccccc45)cc3)c3cccc4c3sc3c(-c5ccccc5)cc(-c5ccccc5)cc34)cc2)c(B)c1B. The molecule has 0 amide bonds. The summed E-state index contributed by atoms with van der Waals surface area (Å²) in [6.07, 6.45) is 0. The minimum Gasteiger partial charge on any atom is -0.309 e. The van der Waals surface area contributed by atoms with Gasteiger partial charge in [-0.3, -0.25) is 0 Å². The van der Waals surface area contributed by atoms with Gasteiger partial charge in [0.1, 0.15) is 39.2 Å². The van der Waals surface area contributed by atoms with Crippen molar-refractivity contribution in [3.63, 3.8) is 0 Å². The monoisotopic (exact) mass is 765 g/mol. The van der Waals surface area contributed by atoms with E-state index in [1.54, 1.807) is 0 Å². The van der Waals surface area contributed by atoms with E-state index in [-0.39, 0.29) is 0 Å². The van der Waals surface area contributed by atoms with Crippen molar-refractivity contribution in [2.24, 2.45) is 0 Å². The Labute approximate surface area is 355 Å². The number of fused-ring (bicyclic) bond motifs is 4. The van der Waals surface area contributed by atoms with Crippen LogP contribution >= 0.6 is 11.3 Å². The van der Waals surface area contributed by atoms with Crippen LogP contribution in [0.2, 0.25) is 0 Å². The Hall–Kier alpha value is -6.42. The highest BCUT2D eigenvalue weighted by molar-refractivity contribution is 7.27. The van der Waals surface area contributed by atoms with Crippen LogP contribution in [-0.2, 0) is 0 Å². The lowest BCUT2D eigenvalue weighted by atomic mass is 9.60. The van der Waals surface area contributed by atoms with Gasteiger partial charge in [0, 0.05) is 32.4 Å². The molecule has 59 heavy (non-hydrogen) atoms. The number of hydrogen-bond acceptors (Lipinski definition) is 2. The Balaban J connectivity index is 1.18. The van der Waals surface area contributed by atoms with Gasteiger partial charge < -0.3 is 4.90 Å². The highest BCUT2D eigenvalue weighted by Crippen LogP contribution is 2.48. The summed E-state index contributed by atoms with van der Waals surface area (Å²) < 4.78 is 2.57. The molecule has 1 heterocycles. The Morgan fingerprint density at radius 3 is 1.54 bits per heavy atom. The number of anilines is 3. The first kappa shape index (κ1) is 36.9. The van der Waals surface area contributed by atoms with Crippen molar-refractivity contribution < 1.29 is 0 Å². The quantitative estimate of drug-likeness (QED) is 0.165. The summed E-state index contributed by atoms with van der Waals surface area (Å²) in [5, 5.41) is 5.07. The molecule has 7 heteroatoms. The zero-order valence-electron chi connectivity index (χ0n) is 34.2. The molecule has 0 saturated carbocycles. The molecule has 0 radical (unpaired) electrons. The normalized spacial score (nSPS) is 11.4. The molecular weight excluding hydrogens is 725 g/mol. The number of rotatable bonds is 7. The molecule has 0 spiro atoms. The topological polar surface area (TPSA) is 3.24 Å². The van der Waals surface area contributed by atoms with Gasteiger partial charge in [0.25, 0.3) is 0 Å². The van der Waals surface area contributed by atoms with Gasteiger partial charge in [-0.1, -0.05) is 150 Å². The Morgan fingerprint density at radius 2 is 0.864 bits per heavy atom. The highest BCUT2D eigenvalue weighted by atomic mass is 32.1. The zero-order valence-corrected chi connectivity index (χ0v) is 35.0. The standard InChI is InChI=1S/C52H40B5NS/c53-46-45(47(54)49(56)50(57)48(46)55)35-23-27-38(28-24-35)58(37-25-21-34(22-26-37)40-18-9-16-32-15-7-8-17-39(32)40)44-20-10-19-41-43-30-36(31-11-3-1-4-12-31)29-42(51(43)59-52(41)44)33-13-5-2-6-14-33/h1-30H,53-57H2. The van der Waals surface area contributed by atoms with E-state index in [4.69, 9.17) is 0 Å². The van der Waals surface area contributed by atoms with Crippen molar-refractivity contribution in [1.82, 2.24) is 0 Å². The van der Waals surface area contributed by atoms with Gasteiger partial charge in [0.15, 0.2) is 0 Å². The molecule has 0 aliphatic carbocycles. The van der Waals surface area contributed by atoms with E-state index in [0.29, 0.717) is 0 Å². The predicted molar refractivity (Wildman–Crippen MR) is 274 cm³/mol. The molecule has 0 bridgehead atoms. The van der Waals surface area contributed by atoms with Gasteiger partial charge in [-0.05, 0) is 92.2 Å². The van der Waals surface area contributed by atoms with E-state index in [0.717, 1.165) is 11.4 Å². The summed E-state index contributed by atoms with van der Waals surface area (Å²) >= 11 is 1.90. The van der Waals surface area contributed by atoms with Gasteiger partial charge in [0.2, 0.25) is 0 Å². The first-order valence-electron chi connectivity index (χ1n) is 20.5. The average Bonchev–Trinajstić information content (AvgIpc) is 3.68. The maximum atomic E-state index is 2.46. The van der Waals surface area contributed by atoms with E-state index in [1.165, 1.54) is 108 Å². The first-order valence-corrected chi connectivity index (χ1v) is 21.3. The Morgan fingerprint density at radius 1 is 0.339 bits per heavy atom. The van der Waals surface area contributed by atoms with Crippen molar-refractivity contribution in [1.29, 1.82) is 0 Å². The van der Waals surface area contributed by atoms with E-state index < -0.39 is 0 Å². The van der Waals surface area contributed by atoms with E-state index >= 15 is 0 Å². The molecule has 274 valence electrons. The fraction of sp³-hybridized carbons (Fsp3) is 0. The molecule has 0 N–H and O–H groups in total. The van der Waals surface area contributed by atoms with Crippen molar-refractivity contribution in [2.45, 2.75) is 0 Å². The zero-order chi connectivity index (χ0) is 40.2. The average molecular weight is 765 g/mol. The molecule has 10 aromatic rings. The van der Waals surface area contributed by atoms with Crippen LogP contribution in [0.15, 0.2) is 182 Å². The summed E-state index contributed by atoms with van der Waals surface area (Å²) in [5.41, 5.74) is 20.3. The van der Waals surface area contributed by atoms with E-state index in [2.05, 4.69) is 226 Å². The van der Waals surface area contributed by atoms with Crippen LogP contribution in [0.5, 0.6) is 0 Å². The van der Waals surface area contributed by atoms with Crippen LogP contribution in [0.4, 0.5) is 17.1 Å². The second-order valence-corrected chi connectivity index (χ2v) is 16.9. The summed E-state index contributed by atoms with van der Waals surface area (Å²) in [6, 6.07) is 66.9. The van der Waals surface area contributed by atoms with Crippen LogP contribution in [0.1, 0.15) is 0 Å². The number of hydrogen-bond donors (Lipinski definition) is 0. The highest BCUT2D eigenvalue weighted by Gasteiger charge is 2.21. The smallest absolute Gasteiger partial charge is 0.139 e. The van der Waals surface area contributed by atoms with Crippen molar-refractivity contribution in [2.75, 3.05) is 4.90 Å². The third-order valence-electron chi connectivity index (χ3n) is 12.7. The van der Waals surface area contributed by atoms with Gasteiger partial charge >= 0.3 is 0 Å². The lowest BCUT2D eigenvalue weighted by Crippen LogP contribution is -2.55. The Kier molecular flexibility index (Phi) is 9.42. The van der Waals surface area contributed by atoms with Crippen LogP contribution in [0.25, 0.3) is 75.5 Å². The van der Waals surface area contributed by atoms with Crippen molar-refractivity contribution in [3.8, 4) is 44.5 Å². The van der Waals surface area contributed by atoms with Gasteiger partial charge in [-0.2, -0.15) is 0 Å². The molecule has 1 aromatic heterocycles. The van der Waals surface area contributed by atoms with Crippen LogP contribution in [0, 0.1) is 0 Å². The molecule has 0 fully saturated rings. The second-order valence-electron chi connectivity index (χ2n) is 15.8. The van der Waals surface area contributed by atoms with Crippen molar-refractivity contribution in [3.05, 3.63) is 182 Å². The number of thiophene rings is 1. The summed E-state index contributed by atoms with van der Waals surface area (Å²) in [4.78, 5) is 2.46. The van der Waals surface area contributed by atoms with Crippen LogP contribution in [-0.4, -0.2) is 39.2 Å². The molecule has 0 aliphatic rings. The largest absolute Gasteiger partial charge is 0.309 e. The molecule has 0 aliphatic heterocycles. The fourth-order valence-corrected chi connectivity index (χ4v) is 10.4. The minimum absolute atomic E-state index is 1.12. The molecule has 0 atom stereocenters. The lowest BCUT2D eigenvalue weighted by Gasteiger charge is -2.27. The maximum absolute atomic E-state index is 2.46. The fourth-order valence-electron chi connectivity index (χ4n) is 9.10. The maximum Gasteiger partial charge on any atom is 0.139 e. The molecule has 0 saturated heterocycles. The van der Waals surface area contributed by atoms with Crippen LogP contribution < -0.4 is 32.2 Å². The third kappa shape index (κ3) is 6.42. The van der Waals surface area contributed by atoms with Gasteiger partial charge in [-0.15, -0.1) is 27.7 Å². The van der Waals surface area contributed by atoms with E-state index in [9.17, 15) is 0 Å². The number of benzene rings is 9. The first-order chi connectivity index (χ1) is 28.9. The molecule has 9 aromatic carbocycles. The molecule has 0 unspecified atom stereocenters. The van der Waals surface area contributed by atoms with E-state index in [1.807, 2.05) is 11.3 Å². The third-order valence-corrected chi connectivity index (χ3v) is 13.9. The summed E-state index contributed by atoms with van der Waals surface area (Å²) in [6.45, 7) is 0. The second kappa shape index (κ2) is 15.1. The predicted octanol–water partition coefficient (Wildman–Crippen LogP) is 6.64. The van der Waals surface area contributed by atoms with Crippen LogP contribution in [0.3, 0.4) is 0 Å². The lowest BCUT2D eigenvalue weighted by molar-refractivity contribution is 1.30. The minimum atomic E-state index is 1.12. The molecular formula is C52H40B5NS. The molecule has 1 nitrogen and oxygen atoms in total. The molecule has 10 rings (SSSR count).